The Hall–Kier alpha value is -1.35. The first-order valence-electron chi connectivity index (χ1n) is 8.19. The van der Waals surface area contributed by atoms with E-state index in [9.17, 15) is 24.0 Å². The van der Waals surface area contributed by atoms with Gasteiger partial charge in [-0.2, -0.15) is 0 Å². The molecule has 26 heavy (non-hydrogen) atoms. The maximum Gasteiger partial charge on any atom is 0.336 e. The maximum absolute atomic E-state index is 11.7. The Kier molecular flexibility index (Phi) is 9.59. The molecule has 143 valence electrons. The minimum atomic E-state index is -0.588. The smallest absolute Gasteiger partial charge is 0.336 e. The van der Waals surface area contributed by atoms with Crippen molar-refractivity contribution in [3.05, 3.63) is 36.8 Å². The van der Waals surface area contributed by atoms with E-state index in [2.05, 4.69) is 5.32 Å². The standard InChI is InChI=1S/C10H17N3O3.C6H9NO2.Y/c1-5-7(2)6-13-9(15)11(3)8(14)12(4)10(13)16;1-3-4(2)6(9)7-5(3)8;/h7H,5-6H2,1-4H3;3-4H,1-2H3,(H,7,8,9);/p-1. The summed E-state index contributed by atoms with van der Waals surface area (Å²) in [7, 11) is 2.74. The molecule has 1 fully saturated rings. The average molecular weight is 442 g/mol. The molecular weight excluding hydrogens is 417 g/mol. The van der Waals surface area contributed by atoms with Crippen molar-refractivity contribution < 1.29 is 42.3 Å². The Balaban J connectivity index is 0.000000532. The monoisotopic (exact) mass is 442 g/mol. The number of imide groups is 1. The van der Waals surface area contributed by atoms with Crippen molar-refractivity contribution in [1.29, 1.82) is 0 Å². The molecule has 1 radical (unpaired) electrons. The van der Waals surface area contributed by atoms with E-state index < -0.39 is 17.1 Å². The molecule has 0 aromatic carbocycles. The minimum absolute atomic E-state index is 0. The number of carbonyl (C=O) groups excluding carboxylic acids is 2. The van der Waals surface area contributed by atoms with E-state index in [1.54, 1.807) is 13.8 Å². The number of carbonyl (C=O) groups is 2. The predicted octanol–water partition coefficient (Wildman–Crippen LogP) is -0.0116. The summed E-state index contributed by atoms with van der Waals surface area (Å²) < 4.78 is 3.00. The van der Waals surface area contributed by atoms with E-state index in [1.165, 1.54) is 14.1 Å². The number of hydrogen-bond donors (Lipinski definition) is 0. The normalized spacial score (nSPS) is 19.9. The van der Waals surface area contributed by atoms with Gasteiger partial charge < -0.3 is 14.9 Å². The molecule has 1 aromatic rings. The fraction of sp³-hybridized carbons (Fsp3) is 0.688. The molecule has 1 aliphatic heterocycles. The van der Waals surface area contributed by atoms with Crippen molar-refractivity contribution in [3.8, 4) is 0 Å². The fourth-order valence-corrected chi connectivity index (χ4v) is 2.17. The number of aromatic nitrogens is 3. The quantitative estimate of drug-likeness (QED) is 0.611. The molecule has 1 aliphatic rings. The maximum atomic E-state index is 11.7. The van der Waals surface area contributed by atoms with E-state index in [0.717, 1.165) is 20.1 Å². The molecule has 9 nitrogen and oxygen atoms in total. The Morgan fingerprint density at radius 1 is 0.885 bits per heavy atom. The largest absolute Gasteiger partial charge is 0.595 e. The first kappa shape index (κ1) is 24.7. The zero-order valence-corrected chi connectivity index (χ0v) is 18.9. The Bertz CT molecular complexity index is 780. The third-order valence-electron chi connectivity index (χ3n) is 4.55. The van der Waals surface area contributed by atoms with Gasteiger partial charge in [0.2, 0.25) is 0 Å². The molecule has 0 bridgehead atoms. The van der Waals surface area contributed by atoms with Gasteiger partial charge >= 0.3 is 17.1 Å². The Morgan fingerprint density at radius 3 is 1.54 bits per heavy atom. The summed E-state index contributed by atoms with van der Waals surface area (Å²) in [6.45, 7) is 7.73. The molecule has 3 atom stereocenters. The van der Waals surface area contributed by atoms with Crippen molar-refractivity contribution >= 4 is 11.8 Å². The molecule has 2 heterocycles. The molecule has 1 aromatic heterocycles. The molecular formula is C16H25N4O5Y-. The van der Waals surface area contributed by atoms with Crippen molar-refractivity contribution in [3.63, 3.8) is 0 Å². The molecule has 0 spiro atoms. The molecule has 2 amide bonds. The van der Waals surface area contributed by atoms with Crippen LogP contribution < -0.4 is 17.1 Å². The van der Waals surface area contributed by atoms with Crippen LogP contribution in [-0.2, 0) is 62.9 Å². The van der Waals surface area contributed by atoms with Crippen LogP contribution in [0.25, 0.3) is 5.32 Å². The molecule has 0 saturated carbocycles. The van der Waals surface area contributed by atoms with Crippen LogP contribution in [0.2, 0.25) is 0 Å². The summed E-state index contributed by atoms with van der Waals surface area (Å²) in [4.78, 5) is 56.1. The van der Waals surface area contributed by atoms with Crippen LogP contribution in [-0.4, -0.2) is 25.5 Å². The van der Waals surface area contributed by atoms with Crippen molar-refractivity contribution in [2.24, 2.45) is 31.8 Å². The van der Waals surface area contributed by atoms with Crippen molar-refractivity contribution in [2.75, 3.05) is 0 Å². The van der Waals surface area contributed by atoms with Gasteiger partial charge in [-0.05, 0) is 5.92 Å². The van der Waals surface area contributed by atoms with Gasteiger partial charge in [0.05, 0.1) is 11.8 Å². The second kappa shape index (κ2) is 10.1. The molecule has 0 aliphatic carbocycles. The molecule has 1 saturated heterocycles. The molecule has 2 rings (SSSR count). The van der Waals surface area contributed by atoms with Gasteiger partial charge in [-0.25, -0.2) is 28.1 Å². The van der Waals surface area contributed by atoms with Crippen LogP contribution in [0.4, 0.5) is 0 Å². The first-order chi connectivity index (χ1) is 11.5. The topological polar surface area (TPSA) is 114 Å². The third-order valence-corrected chi connectivity index (χ3v) is 4.55. The number of nitrogens with zero attached hydrogens (tertiary/aromatic N) is 4. The SMILES string of the molecule is CC1C(=O)[N-]C(=O)C1C.CCC(C)Cn1c(=O)n(C)c(=O)n(C)c1=O.[Y]. The van der Waals surface area contributed by atoms with Crippen LogP contribution in [0, 0.1) is 17.8 Å². The van der Waals surface area contributed by atoms with Gasteiger partial charge in [-0.1, -0.05) is 34.1 Å². The second-order valence-electron chi connectivity index (χ2n) is 6.46. The number of amides is 2. The van der Waals surface area contributed by atoms with Crippen LogP contribution in [0.15, 0.2) is 14.4 Å². The summed E-state index contributed by atoms with van der Waals surface area (Å²) >= 11 is 0. The van der Waals surface area contributed by atoms with E-state index in [1.807, 2.05) is 13.8 Å². The third kappa shape index (κ3) is 5.33. The first-order valence-corrected chi connectivity index (χ1v) is 8.19. The van der Waals surface area contributed by atoms with E-state index in [4.69, 9.17) is 0 Å². The van der Waals surface area contributed by atoms with E-state index in [-0.39, 0.29) is 62.3 Å². The van der Waals surface area contributed by atoms with E-state index in [0.29, 0.717) is 6.54 Å². The number of rotatable bonds is 3. The van der Waals surface area contributed by atoms with Gasteiger partial charge in [0.25, 0.3) is 0 Å². The Morgan fingerprint density at radius 2 is 1.27 bits per heavy atom. The number of hydrogen-bond acceptors (Lipinski definition) is 5. The van der Waals surface area contributed by atoms with Crippen LogP contribution in [0.5, 0.6) is 0 Å². The molecule has 0 N–H and O–H groups in total. The van der Waals surface area contributed by atoms with Gasteiger partial charge in [0.1, 0.15) is 0 Å². The van der Waals surface area contributed by atoms with Crippen LogP contribution in [0.3, 0.4) is 0 Å². The average Bonchev–Trinajstić information content (AvgIpc) is 2.81. The van der Waals surface area contributed by atoms with Crippen molar-refractivity contribution in [1.82, 2.24) is 13.7 Å². The second-order valence-corrected chi connectivity index (χ2v) is 6.46. The summed E-state index contributed by atoms with van der Waals surface area (Å²) in [5.41, 5.74) is -1.68. The molecule has 10 heteroatoms. The minimum Gasteiger partial charge on any atom is -0.595 e. The van der Waals surface area contributed by atoms with Crippen molar-refractivity contribution in [2.45, 2.75) is 40.7 Å². The van der Waals surface area contributed by atoms with Gasteiger partial charge in [-0.15, -0.1) is 0 Å². The summed E-state index contributed by atoms with van der Waals surface area (Å²) in [6.07, 6.45) is 0.873. The van der Waals surface area contributed by atoms with Gasteiger partial charge in [0.15, 0.2) is 0 Å². The Labute approximate surface area is 176 Å². The zero-order chi connectivity index (χ0) is 19.5. The van der Waals surface area contributed by atoms with Gasteiger partial charge in [-0.3, -0.25) is 0 Å². The van der Waals surface area contributed by atoms with Gasteiger partial charge in [0, 0.05) is 65.2 Å². The summed E-state index contributed by atoms with van der Waals surface area (Å²) in [5, 5.41) is 3.27. The summed E-state index contributed by atoms with van der Waals surface area (Å²) in [5.74, 6) is -0.710. The van der Waals surface area contributed by atoms with E-state index >= 15 is 0 Å². The van der Waals surface area contributed by atoms with Crippen LogP contribution in [0.1, 0.15) is 34.1 Å². The predicted molar refractivity (Wildman–Crippen MR) is 92.3 cm³/mol. The van der Waals surface area contributed by atoms with Crippen LogP contribution >= 0.6 is 0 Å². The molecule has 3 unspecified atom stereocenters. The zero-order valence-electron chi connectivity index (χ0n) is 16.1. The fourth-order valence-electron chi connectivity index (χ4n) is 2.17. The summed E-state index contributed by atoms with van der Waals surface area (Å²) in [6, 6.07) is 0.